The zero-order valence-electron chi connectivity index (χ0n) is 12.2. The molecule has 1 fully saturated rings. The molecule has 0 saturated carbocycles. The van der Waals surface area contributed by atoms with Crippen LogP contribution in [0.15, 0.2) is 18.2 Å². The zero-order chi connectivity index (χ0) is 14.7. The van der Waals surface area contributed by atoms with Crippen molar-refractivity contribution in [3.8, 4) is 0 Å². The van der Waals surface area contributed by atoms with E-state index in [0.717, 1.165) is 32.7 Å². The van der Waals surface area contributed by atoms with Crippen molar-refractivity contribution in [2.45, 2.75) is 13.8 Å². The third kappa shape index (κ3) is 3.22. The molecule has 2 rings (SSSR count). The van der Waals surface area contributed by atoms with E-state index in [1.54, 1.807) is 18.2 Å². The van der Waals surface area contributed by atoms with Gasteiger partial charge in [-0.15, -0.1) is 0 Å². The van der Waals surface area contributed by atoms with Crippen molar-refractivity contribution in [3.05, 3.63) is 23.8 Å². The van der Waals surface area contributed by atoms with Crippen molar-refractivity contribution in [1.82, 2.24) is 4.90 Å². The van der Waals surface area contributed by atoms with Crippen molar-refractivity contribution >= 4 is 17.3 Å². The second-order valence-corrected chi connectivity index (χ2v) is 5.73. The number of para-hydroxylation sites is 1. The van der Waals surface area contributed by atoms with E-state index in [1.807, 2.05) is 0 Å². The summed E-state index contributed by atoms with van der Waals surface area (Å²) in [6.45, 7) is 9.05. The summed E-state index contributed by atoms with van der Waals surface area (Å²) in [5.41, 5.74) is 7.49. The van der Waals surface area contributed by atoms with Gasteiger partial charge in [0, 0.05) is 32.7 Å². The third-order valence-corrected chi connectivity index (χ3v) is 3.61. The highest BCUT2D eigenvalue weighted by molar-refractivity contribution is 5.98. The van der Waals surface area contributed by atoms with Gasteiger partial charge < -0.3 is 15.7 Å². The van der Waals surface area contributed by atoms with Crippen LogP contribution < -0.4 is 10.6 Å². The lowest BCUT2D eigenvalue weighted by atomic mass is 10.1. The lowest BCUT2D eigenvalue weighted by Gasteiger charge is -2.37. The Hall–Kier alpha value is -1.75. The van der Waals surface area contributed by atoms with Gasteiger partial charge in [-0.3, -0.25) is 4.90 Å². The van der Waals surface area contributed by atoms with Crippen molar-refractivity contribution in [3.63, 3.8) is 0 Å². The SMILES string of the molecule is CC(C)CN1CCN(c2c(N)cccc2C(=O)O)CC1. The summed E-state index contributed by atoms with van der Waals surface area (Å²) in [4.78, 5) is 15.8. The molecule has 0 aliphatic carbocycles. The molecule has 3 N–H and O–H groups in total. The van der Waals surface area contributed by atoms with Crippen molar-refractivity contribution in [1.29, 1.82) is 0 Å². The van der Waals surface area contributed by atoms with Gasteiger partial charge in [-0.2, -0.15) is 0 Å². The van der Waals surface area contributed by atoms with Crippen molar-refractivity contribution in [2.24, 2.45) is 5.92 Å². The summed E-state index contributed by atoms with van der Waals surface area (Å²) < 4.78 is 0. The van der Waals surface area contributed by atoms with Gasteiger partial charge in [0.1, 0.15) is 0 Å². The van der Waals surface area contributed by atoms with Gasteiger partial charge in [-0.1, -0.05) is 19.9 Å². The molecule has 20 heavy (non-hydrogen) atoms. The molecule has 0 spiro atoms. The number of benzene rings is 1. The van der Waals surface area contributed by atoms with Crippen molar-refractivity contribution < 1.29 is 9.90 Å². The molecule has 5 heteroatoms. The Bertz CT molecular complexity index is 480. The number of nitrogens with zero attached hydrogens (tertiary/aromatic N) is 2. The van der Waals surface area contributed by atoms with Gasteiger partial charge in [0.25, 0.3) is 0 Å². The van der Waals surface area contributed by atoms with Gasteiger partial charge in [-0.05, 0) is 18.1 Å². The number of anilines is 2. The molecule has 1 aliphatic rings. The quantitative estimate of drug-likeness (QED) is 0.820. The number of nitrogen functional groups attached to an aromatic ring is 1. The van der Waals surface area contributed by atoms with Crippen LogP contribution in [0.2, 0.25) is 0 Å². The second-order valence-electron chi connectivity index (χ2n) is 5.73. The Morgan fingerprint density at radius 3 is 2.50 bits per heavy atom. The first-order valence-corrected chi connectivity index (χ1v) is 7.08. The molecule has 110 valence electrons. The van der Waals surface area contributed by atoms with Crippen LogP contribution in [0.5, 0.6) is 0 Å². The number of carbonyl (C=O) groups is 1. The number of carboxylic acid groups (broad SMARTS) is 1. The fourth-order valence-corrected chi connectivity index (χ4v) is 2.76. The highest BCUT2D eigenvalue weighted by atomic mass is 16.4. The number of rotatable bonds is 4. The van der Waals surface area contributed by atoms with Crippen LogP contribution in [0.4, 0.5) is 11.4 Å². The summed E-state index contributed by atoms with van der Waals surface area (Å²) in [5.74, 6) is -0.269. The number of aromatic carboxylic acids is 1. The molecular formula is C15H23N3O2. The maximum absolute atomic E-state index is 11.3. The monoisotopic (exact) mass is 277 g/mol. The summed E-state index contributed by atoms with van der Waals surface area (Å²) in [6.07, 6.45) is 0. The van der Waals surface area contributed by atoms with Crippen LogP contribution >= 0.6 is 0 Å². The maximum Gasteiger partial charge on any atom is 0.337 e. The molecule has 5 nitrogen and oxygen atoms in total. The van der Waals surface area contributed by atoms with Crippen molar-refractivity contribution in [2.75, 3.05) is 43.4 Å². The second kappa shape index (κ2) is 6.13. The van der Waals surface area contributed by atoms with E-state index in [1.165, 1.54) is 0 Å². The van der Waals surface area contributed by atoms with E-state index in [9.17, 15) is 9.90 Å². The first-order valence-electron chi connectivity index (χ1n) is 7.08. The standard InChI is InChI=1S/C15H23N3O2/c1-11(2)10-17-6-8-18(9-7-17)14-12(15(19)20)4-3-5-13(14)16/h3-5,11H,6-10,16H2,1-2H3,(H,19,20). The van der Waals surface area contributed by atoms with Crippen LogP contribution in [0.25, 0.3) is 0 Å². The number of piperazine rings is 1. The normalized spacial score (nSPS) is 16.6. The minimum atomic E-state index is -0.920. The minimum Gasteiger partial charge on any atom is -0.478 e. The maximum atomic E-state index is 11.3. The fourth-order valence-electron chi connectivity index (χ4n) is 2.76. The molecule has 1 aromatic carbocycles. The first kappa shape index (κ1) is 14.7. The lowest BCUT2D eigenvalue weighted by molar-refractivity contribution is 0.0697. The molecule has 0 radical (unpaired) electrons. The Labute approximate surface area is 120 Å². The van der Waals surface area contributed by atoms with Gasteiger partial charge in [0.05, 0.1) is 16.9 Å². The third-order valence-electron chi connectivity index (χ3n) is 3.61. The predicted molar refractivity (Wildman–Crippen MR) is 81.3 cm³/mol. The highest BCUT2D eigenvalue weighted by Gasteiger charge is 2.23. The summed E-state index contributed by atoms with van der Waals surface area (Å²) in [6, 6.07) is 5.08. The molecule has 1 aromatic rings. The number of hydrogen-bond acceptors (Lipinski definition) is 4. The lowest BCUT2D eigenvalue weighted by Crippen LogP contribution is -2.48. The zero-order valence-corrected chi connectivity index (χ0v) is 12.2. The molecule has 1 aliphatic heterocycles. The van der Waals surface area contributed by atoms with Gasteiger partial charge in [-0.25, -0.2) is 4.79 Å². The first-order chi connectivity index (χ1) is 9.49. The number of nitrogens with two attached hydrogens (primary N) is 1. The predicted octanol–water partition coefficient (Wildman–Crippen LogP) is 1.75. The van der Waals surface area contributed by atoms with E-state index in [-0.39, 0.29) is 0 Å². The average Bonchev–Trinajstić information content (AvgIpc) is 2.39. The largest absolute Gasteiger partial charge is 0.478 e. The Balaban J connectivity index is 2.13. The Morgan fingerprint density at radius 2 is 1.95 bits per heavy atom. The minimum absolute atomic E-state index is 0.294. The summed E-state index contributed by atoms with van der Waals surface area (Å²) >= 11 is 0. The smallest absolute Gasteiger partial charge is 0.337 e. The number of hydrogen-bond donors (Lipinski definition) is 2. The fraction of sp³-hybridized carbons (Fsp3) is 0.533. The molecule has 0 amide bonds. The highest BCUT2D eigenvalue weighted by Crippen LogP contribution is 2.29. The van der Waals surface area contributed by atoms with E-state index in [0.29, 0.717) is 22.9 Å². The van der Waals surface area contributed by atoms with Crippen LogP contribution in [-0.4, -0.2) is 48.7 Å². The van der Waals surface area contributed by atoms with Gasteiger partial charge >= 0.3 is 5.97 Å². The van der Waals surface area contributed by atoms with Gasteiger partial charge in [0.2, 0.25) is 0 Å². The molecule has 0 atom stereocenters. The molecule has 0 aromatic heterocycles. The van der Waals surface area contributed by atoms with Crippen LogP contribution in [-0.2, 0) is 0 Å². The number of carboxylic acids is 1. The average molecular weight is 277 g/mol. The molecular weight excluding hydrogens is 254 g/mol. The van der Waals surface area contributed by atoms with E-state index >= 15 is 0 Å². The molecule has 1 heterocycles. The molecule has 0 bridgehead atoms. The van der Waals surface area contributed by atoms with Crippen LogP contribution in [0, 0.1) is 5.92 Å². The topological polar surface area (TPSA) is 69.8 Å². The Kier molecular flexibility index (Phi) is 4.49. The molecule has 0 unspecified atom stereocenters. The van der Waals surface area contributed by atoms with Gasteiger partial charge in [0.15, 0.2) is 0 Å². The Morgan fingerprint density at radius 1 is 1.30 bits per heavy atom. The summed E-state index contributed by atoms with van der Waals surface area (Å²) in [7, 11) is 0. The summed E-state index contributed by atoms with van der Waals surface area (Å²) in [5, 5.41) is 9.30. The van der Waals surface area contributed by atoms with E-state index in [4.69, 9.17) is 5.73 Å². The van der Waals surface area contributed by atoms with Crippen LogP contribution in [0.1, 0.15) is 24.2 Å². The van der Waals surface area contributed by atoms with Crippen LogP contribution in [0.3, 0.4) is 0 Å². The van der Waals surface area contributed by atoms with E-state index in [2.05, 4.69) is 23.6 Å². The molecule has 1 saturated heterocycles. The van der Waals surface area contributed by atoms with E-state index < -0.39 is 5.97 Å².